The van der Waals surface area contributed by atoms with E-state index in [1.54, 1.807) is 7.11 Å². The molecule has 1 aromatic carbocycles. The van der Waals surface area contributed by atoms with Gasteiger partial charge in [-0.15, -0.1) is 0 Å². The van der Waals surface area contributed by atoms with Crippen LogP contribution in [0.15, 0.2) is 35.4 Å². The van der Waals surface area contributed by atoms with Crippen LogP contribution >= 0.6 is 0 Å². The third kappa shape index (κ3) is 2.04. The van der Waals surface area contributed by atoms with Crippen LogP contribution in [0.2, 0.25) is 0 Å². The summed E-state index contributed by atoms with van der Waals surface area (Å²) in [5, 5.41) is 0. The SMILES string of the molecule is CC[C@@]12CCC3=C(CCc4cc(OC)ccc43)C1=CCCC2=O. The number of aryl methyl sites for hydroxylation is 1. The Morgan fingerprint density at radius 3 is 2.78 bits per heavy atom. The number of allylic oxidation sites excluding steroid dienone is 4. The summed E-state index contributed by atoms with van der Waals surface area (Å²) in [7, 11) is 1.73. The molecule has 0 aliphatic heterocycles. The summed E-state index contributed by atoms with van der Waals surface area (Å²) >= 11 is 0. The number of Topliss-reactive ketones (excluding diaryl/α,β-unsaturated/α-hetero) is 1. The number of ether oxygens (including phenoxy) is 1. The Bertz CT molecular complexity index is 738. The highest BCUT2D eigenvalue weighted by atomic mass is 16.5. The van der Waals surface area contributed by atoms with Crippen LogP contribution < -0.4 is 4.74 Å². The lowest BCUT2D eigenvalue weighted by Crippen LogP contribution is -2.38. The molecular weight excluding hydrogens is 284 g/mol. The lowest BCUT2D eigenvalue weighted by atomic mass is 9.58. The number of methoxy groups -OCH3 is 1. The molecule has 0 amide bonds. The van der Waals surface area contributed by atoms with Crippen molar-refractivity contribution in [2.24, 2.45) is 5.41 Å². The van der Waals surface area contributed by atoms with Crippen molar-refractivity contribution in [3.05, 3.63) is 46.5 Å². The smallest absolute Gasteiger partial charge is 0.143 e. The first-order valence-electron chi connectivity index (χ1n) is 8.83. The van der Waals surface area contributed by atoms with Crippen LogP contribution in [0, 0.1) is 5.41 Å². The van der Waals surface area contributed by atoms with Crippen LogP contribution in [0.1, 0.15) is 56.6 Å². The average Bonchev–Trinajstić information content (AvgIpc) is 2.61. The number of hydrogen-bond donors (Lipinski definition) is 0. The highest BCUT2D eigenvalue weighted by molar-refractivity contribution is 5.94. The second kappa shape index (κ2) is 5.36. The zero-order chi connectivity index (χ0) is 16.0. The van der Waals surface area contributed by atoms with Gasteiger partial charge in [0.15, 0.2) is 0 Å². The summed E-state index contributed by atoms with van der Waals surface area (Å²) in [4.78, 5) is 12.7. The maximum atomic E-state index is 12.7. The van der Waals surface area contributed by atoms with E-state index >= 15 is 0 Å². The zero-order valence-electron chi connectivity index (χ0n) is 14.1. The number of ketones is 1. The molecule has 4 rings (SSSR count). The molecule has 3 aliphatic carbocycles. The van der Waals surface area contributed by atoms with Crippen LogP contribution in [-0.4, -0.2) is 12.9 Å². The molecule has 2 heteroatoms. The fourth-order valence-corrected chi connectivity index (χ4v) is 4.88. The van der Waals surface area contributed by atoms with Gasteiger partial charge in [0.05, 0.1) is 12.5 Å². The fraction of sp³-hybridized carbons (Fsp3) is 0.476. The van der Waals surface area contributed by atoms with Crippen molar-refractivity contribution >= 4 is 11.4 Å². The van der Waals surface area contributed by atoms with Gasteiger partial charge in [-0.3, -0.25) is 4.79 Å². The Labute approximate surface area is 138 Å². The van der Waals surface area contributed by atoms with Gasteiger partial charge in [-0.25, -0.2) is 0 Å². The van der Waals surface area contributed by atoms with E-state index in [1.807, 2.05) is 0 Å². The summed E-state index contributed by atoms with van der Waals surface area (Å²) in [5.41, 5.74) is 6.94. The van der Waals surface area contributed by atoms with Gasteiger partial charge in [-0.2, -0.15) is 0 Å². The molecule has 0 N–H and O–H groups in total. The van der Waals surface area contributed by atoms with Crippen LogP contribution in [0.3, 0.4) is 0 Å². The van der Waals surface area contributed by atoms with Crippen LogP contribution in [-0.2, 0) is 11.2 Å². The minimum absolute atomic E-state index is 0.180. The van der Waals surface area contributed by atoms with E-state index in [0.29, 0.717) is 5.78 Å². The third-order valence-electron chi connectivity index (χ3n) is 6.15. The van der Waals surface area contributed by atoms with Crippen LogP contribution in [0.4, 0.5) is 0 Å². The average molecular weight is 308 g/mol. The summed E-state index contributed by atoms with van der Waals surface area (Å²) < 4.78 is 5.38. The van der Waals surface area contributed by atoms with Gasteiger partial charge in [0.2, 0.25) is 0 Å². The molecule has 0 bridgehead atoms. The van der Waals surface area contributed by atoms with Gasteiger partial charge in [0, 0.05) is 6.42 Å². The predicted molar refractivity (Wildman–Crippen MR) is 92.5 cm³/mol. The molecule has 1 atom stereocenters. The second-order valence-electron chi connectivity index (χ2n) is 7.00. The van der Waals surface area contributed by atoms with E-state index in [4.69, 9.17) is 4.74 Å². The molecule has 2 nitrogen and oxygen atoms in total. The first-order chi connectivity index (χ1) is 11.2. The number of carbonyl (C=O) groups excluding carboxylic acids is 1. The fourth-order valence-electron chi connectivity index (χ4n) is 4.88. The molecule has 0 aromatic heterocycles. The van der Waals surface area contributed by atoms with Crippen molar-refractivity contribution in [1.29, 1.82) is 0 Å². The van der Waals surface area contributed by atoms with Gasteiger partial charge in [-0.1, -0.05) is 19.1 Å². The quantitative estimate of drug-likeness (QED) is 0.778. The van der Waals surface area contributed by atoms with E-state index in [1.165, 1.54) is 27.8 Å². The molecule has 23 heavy (non-hydrogen) atoms. The van der Waals surface area contributed by atoms with Crippen molar-refractivity contribution in [3.8, 4) is 5.75 Å². The number of fused-ring (bicyclic) bond motifs is 4. The van der Waals surface area contributed by atoms with Gasteiger partial charge in [0.1, 0.15) is 11.5 Å². The molecule has 0 fully saturated rings. The van der Waals surface area contributed by atoms with Crippen molar-refractivity contribution in [2.75, 3.05) is 7.11 Å². The van der Waals surface area contributed by atoms with Crippen LogP contribution in [0.5, 0.6) is 5.75 Å². The van der Waals surface area contributed by atoms with Crippen molar-refractivity contribution < 1.29 is 9.53 Å². The maximum Gasteiger partial charge on any atom is 0.143 e. The van der Waals surface area contributed by atoms with Crippen molar-refractivity contribution in [1.82, 2.24) is 0 Å². The van der Waals surface area contributed by atoms with Crippen molar-refractivity contribution in [3.63, 3.8) is 0 Å². The van der Waals surface area contributed by atoms with E-state index in [0.717, 1.165) is 50.7 Å². The number of rotatable bonds is 2. The van der Waals surface area contributed by atoms with E-state index in [-0.39, 0.29) is 5.41 Å². The topological polar surface area (TPSA) is 26.3 Å². The number of carbonyl (C=O) groups is 1. The largest absolute Gasteiger partial charge is 0.497 e. The van der Waals surface area contributed by atoms with Crippen LogP contribution in [0.25, 0.3) is 5.57 Å². The standard InChI is InChI=1S/C21H24O2/c1-3-21-12-11-17-16-10-8-15(23-2)13-14(16)7-9-18(17)19(21)5-4-6-20(21)22/h5,8,10,13H,3-4,6-7,9,11-12H2,1-2H3/t21-/m1/s1. The van der Waals surface area contributed by atoms with Gasteiger partial charge < -0.3 is 4.74 Å². The maximum absolute atomic E-state index is 12.7. The molecule has 3 aliphatic rings. The number of hydrogen-bond acceptors (Lipinski definition) is 2. The van der Waals surface area contributed by atoms with Gasteiger partial charge in [0.25, 0.3) is 0 Å². The Hall–Kier alpha value is -1.83. The molecular formula is C21H24O2. The Morgan fingerprint density at radius 2 is 2.00 bits per heavy atom. The second-order valence-corrected chi connectivity index (χ2v) is 7.00. The summed E-state index contributed by atoms with van der Waals surface area (Å²) in [6, 6.07) is 6.46. The first-order valence-corrected chi connectivity index (χ1v) is 8.83. The lowest BCUT2D eigenvalue weighted by Gasteiger charge is -2.44. The normalized spacial score (nSPS) is 26.2. The molecule has 0 saturated carbocycles. The molecule has 1 aromatic rings. The molecule has 0 saturated heterocycles. The molecule has 0 spiro atoms. The molecule has 0 heterocycles. The van der Waals surface area contributed by atoms with Crippen molar-refractivity contribution in [2.45, 2.75) is 51.9 Å². The van der Waals surface area contributed by atoms with Gasteiger partial charge in [-0.05, 0) is 78.5 Å². The molecule has 120 valence electrons. The molecule has 0 unspecified atom stereocenters. The summed E-state index contributed by atoms with van der Waals surface area (Å²) in [5.74, 6) is 1.42. The minimum atomic E-state index is -0.180. The summed E-state index contributed by atoms with van der Waals surface area (Å²) in [6.07, 6.45) is 9.10. The van der Waals surface area contributed by atoms with Gasteiger partial charge >= 0.3 is 0 Å². The Kier molecular flexibility index (Phi) is 3.44. The Morgan fingerprint density at radius 1 is 1.13 bits per heavy atom. The van der Waals surface area contributed by atoms with E-state index in [9.17, 15) is 4.79 Å². The highest BCUT2D eigenvalue weighted by Gasteiger charge is 2.46. The zero-order valence-corrected chi connectivity index (χ0v) is 14.1. The summed E-state index contributed by atoms with van der Waals surface area (Å²) in [6.45, 7) is 2.18. The Balaban J connectivity index is 1.85. The predicted octanol–water partition coefficient (Wildman–Crippen LogP) is 4.87. The lowest BCUT2D eigenvalue weighted by molar-refractivity contribution is -0.127. The molecule has 0 radical (unpaired) electrons. The van der Waals surface area contributed by atoms with E-state index in [2.05, 4.69) is 31.2 Å². The third-order valence-corrected chi connectivity index (χ3v) is 6.15. The van der Waals surface area contributed by atoms with E-state index < -0.39 is 0 Å². The first kappa shape index (κ1) is 14.7. The number of benzene rings is 1. The highest BCUT2D eigenvalue weighted by Crippen LogP contribution is 2.54. The minimum Gasteiger partial charge on any atom is -0.497 e. The monoisotopic (exact) mass is 308 g/mol.